The van der Waals surface area contributed by atoms with Gasteiger partial charge in [-0.1, -0.05) is 60.7 Å². The molecule has 6 rings (SSSR count). The molecule has 2 heteroatoms. The monoisotopic (exact) mass is 349 g/mol. The summed E-state index contributed by atoms with van der Waals surface area (Å²) in [6.07, 6.45) is 0. The van der Waals surface area contributed by atoms with E-state index < -0.39 is 0 Å². The van der Waals surface area contributed by atoms with E-state index in [1.165, 1.54) is 48.4 Å². The zero-order valence-corrected chi connectivity index (χ0v) is 14.8. The minimum Gasteiger partial charge on any atom is -0.309 e. The minimum absolute atomic E-state index is 1.24. The number of benzene rings is 4. The van der Waals surface area contributed by atoms with Crippen molar-refractivity contribution in [2.45, 2.75) is 0 Å². The number of hydrogen-bond donors (Lipinski definition) is 0. The maximum absolute atomic E-state index is 2.42. The molecule has 0 aliphatic rings. The SMILES string of the molecule is c1ccc2c(-n3c4ccccc4c4c5sccc5ccc43)cccc2c1. The third kappa shape index (κ3) is 1.80. The zero-order valence-electron chi connectivity index (χ0n) is 14.0. The van der Waals surface area contributed by atoms with Gasteiger partial charge in [0.25, 0.3) is 0 Å². The van der Waals surface area contributed by atoms with Crippen LogP contribution in [-0.4, -0.2) is 4.57 Å². The lowest BCUT2D eigenvalue weighted by Gasteiger charge is -2.11. The second kappa shape index (κ2) is 5.20. The largest absolute Gasteiger partial charge is 0.309 e. The minimum atomic E-state index is 1.24. The third-order valence-corrected chi connectivity index (χ3v) is 6.21. The molecular formula is C24H15NS. The van der Waals surface area contributed by atoms with Gasteiger partial charge < -0.3 is 4.57 Å². The third-order valence-electron chi connectivity index (χ3n) is 5.26. The van der Waals surface area contributed by atoms with Crippen LogP contribution in [0.25, 0.3) is 48.4 Å². The van der Waals surface area contributed by atoms with E-state index in [0.717, 1.165) is 0 Å². The summed E-state index contributed by atoms with van der Waals surface area (Å²) in [5.41, 5.74) is 3.78. The first-order valence-corrected chi connectivity index (χ1v) is 9.67. The lowest BCUT2D eigenvalue weighted by Crippen LogP contribution is -1.94. The van der Waals surface area contributed by atoms with Gasteiger partial charge in [0.15, 0.2) is 0 Å². The molecule has 0 radical (unpaired) electrons. The lowest BCUT2D eigenvalue weighted by atomic mass is 10.1. The van der Waals surface area contributed by atoms with E-state index in [2.05, 4.69) is 94.9 Å². The second-order valence-electron chi connectivity index (χ2n) is 6.65. The number of para-hydroxylation sites is 1. The molecule has 0 unspecified atom stereocenters. The van der Waals surface area contributed by atoms with Crippen molar-refractivity contribution in [1.29, 1.82) is 0 Å². The van der Waals surface area contributed by atoms with Crippen molar-refractivity contribution < 1.29 is 0 Å². The molecule has 0 bridgehead atoms. The summed E-state index contributed by atoms with van der Waals surface area (Å²) in [6.45, 7) is 0. The van der Waals surface area contributed by atoms with Crippen LogP contribution in [0, 0.1) is 0 Å². The van der Waals surface area contributed by atoms with E-state index in [0.29, 0.717) is 0 Å². The van der Waals surface area contributed by atoms with E-state index in [9.17, 15) is 0 Å². The Morgan fingerprint density at radius 1 is 0.577 bits per heavy atom. The van der Waals surface area contributed by atoms with Crippen molar-refractivity contribution in [3.63, 3.8) is 0 Å². The Labute approximate surface area is 154 Å². The number of hydrogen-bond acceptors (Lipinski definition) is 1. The van der Waals surface area contributed by atoms with Crippen LogP contribution in [-0.2, 0) is 0 Å². The number of nitrogens with zero attached hydrogens (tertiary/aromatic N) is 1. The van der Waals surface area contributed by atoms with Crippen LogP contribution in [0.1, 0.15) is 0 Å². The highest BCUT2D eigenvalue weighted by atomic mass is 32.1. The topological polar surface area (TPSA) is 4.93 Å². The van der Waals surface area contributed by atoms with Gasteiger partial charge in [0.05, 0.1) is 16.7 Å². The first-order chi connectivity index (χ1) is 12.9. The maximum atomic E-state index is 2.42. The number of aromatic nitrogens is 1. The molecule has 0 N–H and O–H groups in total. The Morgan fingerprint density at radius 3 is 2.35 bits per heavy atom. The molecule has 0 saturated heterocycles. The molecule has 1 nitrogen and oxygen atoms in total. The van der Waals surface area contributed by atoms with E-state index in [1.54, 1.807) is 0 Å². The Hall–Kier alpha value is -3.10. The number of rotatable bonds is 1. The van der Waals surface area contributed by atoms with Gasteiger partial charge in [-0.3, -0.25) is 0 Å². The molecule has 2 heterocycles. The van der Waals surface area contributed by atoms with Gasteiger partial charge in [-0.05, 0) is 40.4 Å². The molecular weight excluding hydrogens is 334 g/mol. The van der Waals surface area contributed by atoms with Crippen molar-refractivity contribution in [3.05, 3.63) is 90.3 Å². The summed E-state index contributed by atoms with van der Waals surface area (Å²) in [6, 6.07) is 30.7. The number of fused-ring (bicyclic) bond motifs is 6. The highest BCUT2D eigenvalue weighted by Crippen LogP contribution is 2.39. The predicted octanol–water partition coefficient (Wildman–Crippen LogP) is 7.15. The standard InChI is InChI=1S/C24H15NS/c1-2-8-18-16(6-1)7-5-11-20(18)25-21-10-4-3-9-19(21)23-22(25)13-12-17-14-15-26-24(17)23/h1-15H. The van der Waals surface area contributed by atoms with Gasteiger partial charge in [0.1, 0.15) is 0 Å². The summed E-state index contributed by atoms with van der Waals surface area (Å²) in [5.74, 6) is 0. The molecule has 6 aromatic rings. The van der Waals surface area contributed by atoms with Crippen molar-refractivity contribution >= 4 is 54.0 Å². The van der Waals surface area contributed by atoms with Gasteiger partial charge in [0.2, 0.25) is 0 Å². The van der Waals surface area contributed by atoms with Crippen LogP contribution in [0.2, 0.25) is 0 Å². The van der Waals surface area contributed by atoms with Gasteiger partial charge in [-0.2, -0.15) is 0 Å². The molecule has 0 aliphatic carbocycles. The molecule has 26 heavy (non-hydrogen) atoms. The molecule has 0 aliphatic heterocycles. The fourth-order valence-electron chi connectivity index (χ4n) is 4.14. The molecule has 122 valence electrons. The summed E-state index contributed by atoms with van der Waals surface area (Å²) in [7, 11) is 0. The summed E-state index contributed by atoms with van der Waals surface area (Å²) < 4.78 is 3.80. The first kappa shape index (κ1) is 14.1. The van der Waals surface area contributed by atoms with E-state index >= 15 is 0 Å². The van der Waals surface area contributed by atoms with Gasteiger partial charge in [-0.25, -0.2) is 0 Å². The Bertz CT molecular complexity index is 1430. The quantitative estimate of drug-likeness (QED) is 0.297. The molecule has 0 fully saturated rings. The normalized spacial score (nSPS) is 11.8. The van der Waals surface area contributed by atoms with Crippen molar-refractivity contribution in [2.75, 3.05) is 0 Å². The number of thiophene rings is 1. The van der Waals surface area contributed by atoms with E-state index in [-0.39, 0.29) is 0 Å². The summed E-state index contributed by atoms with van der Waals surface area (Å²) in [5, 5.41) is 8.75. The van der Waals surface area contributed by atoms with Crippen LogP contribution in [0.15, 0.2) is 90.3 Å². The lowest BCUT2D eigenvalue weighted by molar-refractivity contribution is 1.20. The highest BCUT2D eigenvalue weighted by molar-refractivity contribution is 7.18. The van der Waals surface area contributed by atoms with Crippen LogP contribution >= 0.6 is 11.3 Å². The zero-order chi connectivity index (χ0) is 17.1. The van der Waals surface area contributed by atoms with E-state index in [4.69, 9.17) is 0 Å². The van der Waals surface area contributed by atoms with Gasteiger partial charge in [-0.15, -0.1) is 11.3 Å². The van der Waals surface area contributed by atoms with Crippen LogP contribution in [0.4, 0.5) is 0 Å². The molecule has 0 amide bonds. The predicted molar refractivity (Wildman–Crippen MR) is 114 cm³/mol. The van der Waals surface area contributed by atoms with Crippen molar-refractivity contribution in [1.82, 2.24) is 4.57 Å². The molecule has 4 aromatic carbocycles. The fourth-order valence-corrected chi connectivity index (χ4v) is 5.10. The Kier molecular flexibility index (Phi) is 2.82. The maximum Gasteiger partial charge on any atom is 0.0556 e. The first-order valence-electron chi connectivity index (χ1n) is 8.79. The molecule has 0 saturated carbocycles. The molecule has 0 atom stereocenters. The molecule has 0 spiro atoms. The average Bonchev–Trinajstić information content (AvgIpc) is 3.29. The Morgan fingerprint density at radius 2 is 1.38 bits per heavy atom. The summed E-state index contributed by atoms with van der Waals surface area (Å²) in [4.78, 5) is 0. The van der Waals surface area contributed by atoms with Crippen LogP contribution in [0.3, 0.4) is 0 Å². The van der Waals surface area contributed by atoms with Crippen LogP contribution in [0.5, 0.6) is 0 Å². The van der Waals surface area contributed by atoms with Gasteiger partial charge >= 0.3 is 0 Å². The second-order valence-corrected chi connectivity index (χ2v) is 7.57. The fraction of sp³-hybridized carbons (Fsp3) is 0. The highest BCUT2D eigenvalue weighted by Gasteiger charge is 2.16. The van der Waals surface area contributed by atoms with Crippen molar-refractivity contribution in [3.8, 4) is 5.69 Å². The van der Waals surface area contributed by atoms with Crippen LogP contribution < -0.4 is 0 Å². The van der Waals surface area contributed by atoms with Crippen molar-refractivity contribution in [2.24, 2.45) is 0 Å². The Balaban J connectivity index is 1.89. The van der Waals surface area contributed by atoms with Gasteiger partial charge in [0, 0.05) is 20.9 Å². The van der Waals surface area contributed by atoms with E-state index in [1.807, 2.05) is 11.3 Å². The average molecular weight is 349 g/mol. The summed E-state index contributed by atoms with van der Waals surface area (Å²) >= 11 is 1.83. The smallest absolute Gasteiger partial charge is 0.0556 e. The molecule has 2 aromatic heterocycles.